The molecule has 7 nitrogen and oxygen atoms in total. The minimum atomic E-state index is -3.82. The van der Waals surface area contributed by atoms with Crippen LogP contribution in [0.25, 0.3) is 0 Å². The molecule has 0 spiro atoms. The molecule has 0 aromatic heterocycles. The zero-order valence-corrected chi connectivity index (χ0v) is 12.6. The van der Waals surface area contributed by atoms with E-state index in [1.165, 1.54) is 18.2 Å². The molecule has 4 N–H and O–H groups in total. The minimum Gasteiger partial charge on any atom is -0.270 e. The van der Waals surface area contributed by atoms with Gasteiger partial charge in [0.25, 0.3) is 10.2 Å². The first kappa shape index (κ1) is 15.4. The van der Waals surface area contributed by atoms with Crippen LogP contribution in [0, 0.1) is 0 Å². The number of primary sulfonamides is 1. The molecule has 0 heterocycles. The van der Waals surface area contributed by atoms with Crippen LogP contribution in [0.15, 0.2) is 27.6 Å². The van der Waals surface area contributed by atoms with Gasteiger partial charge in [-0.05, 0) is 34.1 Å². The molecule has 0 aliphatic rings. The van der Waals surface area contributed by atoms with E-state index in [1.807, 2.05) is 0 Å². The lowest BCUT2D eigenvalue weighted by Crippen LogP contribution is -2.29. The van der Waals surface area contributed by atoms with Gasteiger partial charge in [-0.2, -0.15) is 13.1 Å². The first-order valence-electron chi connectivity index (χ1n) is 4.75. The fraction of sp³-hybridized carbons (Fsp3) is 0.250. The van der Waals surface area contributed by atoms with Gasteiger partial charge in [0.05, 0.1) is 10.6 Å². The van der Waals surface area contributed by atoms with Crippen molar-refractivity contribution >= 4 is 41.8 Å². The minimum absolute atomic E-state index is 0.110. The van der Waals surface area contributed by atoms with Gasteiger partial charge in [0, 0.05) is 11.0 Å². The Balaban J connectivity index is 3.08. The van der Waals surface area contributed by atoms with E-state index >= 15 is 0 Å². The zero-order chi connectivity index (χ0) is 14.0. The topological polar surface area (TPSA) is 118 Å². The van der Waals surface area contributed by atoms with Crippen LogP contribution in [0.2, 0.25) is 0 Å². The number of halogens is 1. The Hall–Kier alpha value is -0.680. The first-order chi connectivity index (χ1) is 8.15. The van der Waals surface area contributed by atoms with Crippen molar-refractivity contribution < 1.29 is 16.8 Å². The SMILES string of the molecule is CCNS(=O)(=O)Nc1ccc(S(N)(=O)=O)cc1Br. The van der Waals surface area contributed by atoms with Crippen molar-refractivity contribution in [3.8, 4) is 0 Å². The highest BCUT2D eigenvalue weighted by Gasteiger charge is 2.14. The third-order valence-electron chi connectivity index (χ3n) is 1.85. The van der Waals surface area contributed by atoms with E-state index in [0.29, 0.717) is 0 Å². The van der Waals surface area contributed by atoms with Crippen LogP contribution >= 0.6 is 15.9 Å². The van der Waals surface area contributed by atoms with Crippen molar-refractivity contribution in [2.24, 2.45) is 5.14 Å². The molecular formula is C8H12BrN3O4S2. The molecule has 18 heavy (non-hydrogen) atoms. The molecule has 0 aliphatic carbocycles. The smallest absolute Gasteiger partial charge is 0.270 e. The fourth-order valence-corrected chi connectivity index (χ4v) is 3.35. The zero-order valence-electron chi connectivity index (χ0n) is 9.34. The summed E-state index contributed by atoms with van der Waals surface area (Å²) >= 11 is 3.07. The molecule has 10 heteroatoms. The summed E-state index contributed by atoms with van der Waals surface area (Å²) in [6, 6.07) is 3.74. The monoisotopic (exact) mass is 357 g/mol. The molecule has 0 saturated heterocycles. The standard InChI is InChI=1S/C8H12BrN3O4S2/c1-2-11-18(15,16)12-8-4-3-6(5-7(8)9)17(10,13)14/h3-5,11-12H,2H2,1H3,(H2,10,13,14). The molecule has 1 rings (SSSR count). The lowest BCUT2D eigenvalue weighted by molar-refractivity contribution is 0.589. The normalized spacial score (nSPS) is 12.4. The number of benzene rings is 1. The summed E-state index contributed by atoms with van der Waals surface area (Å²) in [7, 11) is -7.49. The third-order valence-corrected chi connectivity index (χ3v) is 4.57. The summed E-state index contributed by atoms with van der Waals surface area (Å²) in [5.41, 5.74) is 0.211. The van der Waals surface area contributed by atoms with Gasteiger partial charge in [0.1, 0.15) is 0 Å². The summed E-state index contributed by atoms with van der Waals surface area (Å²) in [5.74, 6) is 0. The van der Waals surface area contributed by atoms with E-state index < -0.39 is 20.2 Å². The molecule has 0 saturated carbocycles. The summed E-state index contributed by atoms with van der Waals surface area (Å²) in [6.45, 7) is 1.88. The molecule has 0 bridgehead atoms. The fourth-order valence-electron chi connectivity index (χ4n) is 1.13. The highest BCUT2D eigenvalue weighted by molar-refractivity contribution is 9.10. The Labute approximate surface area is 114 Å². The summed E-state index contributed by atoms with van der Waals surface area (Å²) in [6.07, 6.45) is 0. The third kappa shape index (κ3) is 4.21. The average Bonchev–Trinajstić information content (AvgIpc) is 2.19. The maximum atomic E-state index is 11.4. The number of hydrogen-bond donors (Lipinski definition) is 3. The lowest BCUT2D eigenvalue weighted by atomic mass is 10.3. The Bertz CT molecular complexity index is 642. The molecular weight excluding hydrogens is 346 g/mol. The molecule has 102 valence electrons. The van der Waals surface area contributed by atoms with Gasteiger partial charge in [-0.1, -0.05) is 6.92 Å². The van der Waals surface area contributed by atoms with Crippen molar-refractivity contribution in [2.75, 3.05) is 11.3 Å². The van der Waals surface area contributed by atoms with Crippen LogP contribution in [-0.4, -0.2) is 23.4 Å². The van der Waals surface area contributed by atoms with Crippen LogP contribution in [0.4, 0.5) is 5.69 Å². The van der Waals surface area contributed by atoms with Crippen molar-refractivity contribution in [1.29, 1.82) is 0 Å². The van der Waals surface area contributed by atoms with Gasteiger partial charge >= 0.3 is 0 Å². The highest BCUT2D eigenvalue weighted by atomic mass is 79.9. The van der Waals surface area contributed by atoms with Gasteiger partial charge in [-0.15, -0.1) is 0 Å². The number of anilines is 1. The molecule has 0 atom stereocenters. The van der Waals surface area contributed by atoms with Crippen molar-refractivity contribution in [1.82, 2.24) is 4.72 Å². The summed E-state index contributed by atoms with van der Waals surface area (Å²) in [4.78, 5) is -0.110. The molecule has 0 unspecified atom stereocenters. The predicted molar refractivity (Wildman–Crippen MR) is 71.7 cm³/mol. The summed E-state index contributed by atoms with van der Waals surface area (Å²) in [5, 5.41) is 4.95. The number of sulfonamides is 1. The molecule has 0 fully saturated rings. The van der Waals surface area contributed by atoms with Crippen molar-refractivity contribution in [2.45, 2.75) is 11.8 Å². The average molecular weight is 358 g/mol. The Morgan fingerprint density at radius 2 is 1.89 bits per heavy atom. The second kappa shape index (κ2) is 5.53. The van der Waals surface area contributed by atoms with E-state index in [2.05, 4.69) is 25.4 Å². The maximum Gasteiger partial charge on any atom is 0.299 e. The van der Waals surface area contributed by atoms with E-state index in [9.17, 15) is 16.8 Å². The number of rotatable bonds is 5. The number of nitrogens with one attached hydrogen (secondary N) is 2. The second-order valence-electron chi connectivity index (χ2n) is 3.29. The molecule has 0 radical (unpaired) electrons. The maximum absolute atomic E-state index is 11.4. The first-order valence-corrected chi connectivity index (χ1v) is 8.57. The number of nitrogens with two attached hydrogens (primary N) is 1. The predicted octanol–water partition coefficient (Wildman–Crippen LogP) is 0.363. The lowest BCUT2D eigenvalue weighted by Gasteiger charge is -2.10. The number of hydrogen-bond acceptors (Lipinski definition) is 4. The van der Waals surface area contributed by atoms with Gasteiger partial charge in [0.15, 0.2) is 0 Å². The highest BCUT2D eigenvalue weighted by Crippen LogP contribution is 2.25. The Kier molecular flexibility index (Phi) is 4.72. The van der Waals surface area contributed by atoms with Gasteiger partial charge < -0.3 is 0 Å². The van der Waals surface area contributed by atoms with E-state index in [1.54, 1.807) is 6.92 Å². The molecule has 0 aliphatic heterocycles. The van der Waals surface area contributed by atoms with Crippen LogP contribution in [-0.2, 0) is 20.2 Å². The molecule has 1 aromatic carbocycles. The molecule has 0 amide bonds. The van der Waals surface area contributed by atoms with Crippen molar-refractivity contribution in [3.05, 3.63) is 22.7 Å². The second-order valence-corrected chi connectivity index (χ2v) is 7.21. The van der Waals surface area contributed by atoms with E-state index in [-0.39, 0.29) is 21.6 Å². The summed E-state index contributed by atoms with van der Waals surface area (Å²) < 4.78 is 49.8. The van der Waals surface area contributed by atoms with Gasteiger partial charge in [-0.25, -0.2) is 13.6 Å². The van der Waals surface area contributed by atoms with Crippen LogP contribution < -0.4 is 14.6 Å². The Morgan fingerprint density at radius 1 is 1.28 bits per heavy atom. The van der Waals surface area contributed by atoms with E-state index in [0.717, 1.165) is 0 Å². The molecule has 1 aromatic rings. The van der Waals surface area contributed by atoms with Gasteiger partial charge in [0.2, 0.25) is 10.0 Å². The van der Waals surface area contributed by atoms with Crippen molar-refractivity contribution in [3.63, 3.8) is 0 Å². The van der Waals surface area contributed by atoms with Crippen LogP contribution in [0.3, 0.4) is 0 Å². The van der Waals surface area contributed by atoms with Crippen LogP contribution in [0.5, 0.6) is 0 Å². The quantitative estimate of drug-likeness (QED) is 0.704. The van der Waals surface area contributed by atoms with Crippen LogP contribution in [0.1, 0.15) is 6.92 Å². The largest absolute Gasteiger partial charge is 0.299 e. The Morgan fingerprint density at radius 3 is 2.33 bits per heavy atom. The van der Waals surface area contributed by atoms with E-state index in [4.69, 9.17) is 5.14 Å². The van der Waals surface area contributed by atoms with Gasteiger partial charge in [-0.3, -0.25) is 4.72 Å².